The Morgan fingerprint density at radius 1 is 0.784 bits per heavy atom. The van der Waals surface area contributed by atoms with E-state index in [-0.39, 0.29) is 5.92 Å². The molecule has 7 rings (SSSR count). The second-order valence-corrected chi connectivity index (χ2v) is 11.8. The largest absolute Gasteiger partial charge is 0.324 e. The summed E-state index contributed by atoms with van der Waals surface area (Å²) in [6, 6.07) is 21.4. The zero-order valence-corrected chi connectivity index (χ0v) is 22.2. The molecule has 3 amide bonds. The molecule has 3 atom stereocenters. The molecule has 1 aliphatic heterocycles. The number of hydrogen-bond acceptors (Lipinski definition) is 3. The summed E-state index contributed by atoms with van der Waals surface area (Å²) in [6.07, 6.45) is 0. The molecule has 0 radical (unpaired) electrons. The van der Waals surface area contributed by atoms with Gasteiger partial charge >= 0.3 is 0 Å². The van der Waals surface area contributed by atoms with Gasteiger partial charge in [-0.2, -0.15) is 0 Å². The molecule has 0 spiro atoms. The van der Waals surface area contributed by atoms with Gasteiger partial charge in [-0.3, -0.25) is 19.3 Å². The molecule has 1 saturated heterocycles. The van der Waals surface area contributed by atoms with Crippen LogP contribution in [0.3, 0.4) is 0 Å². The highest BCUT2D eigenvalue weighted by Crippen LogP contribution is 2.69. The number of nitrogens with one attached hydrogen (secondary N) is 1. The van der Waals surface area contributed by atoms with Crippen molar-refractivity contribution in [3.63, 3.8) is 0 Å². The van der Waals surface area contributed by atoms with Gasteiger partial charge in [0.15, 0.2) is 0 Å². The van der Waals surface area contributed by atoms with Gasteiger partial charge in [0.1, 0.15) is 15.8 Å². The Balaban J connectivity index is 1.48. The van der Waals surface area contributed by atoms with Crippen molar-refractivity contribution in [1.29, 1.82) is 0 Å². The molecule has 1 heterocycles. The van der Waals surface area contributed by atoms with E-state index in [1.807, 2.05) is 81.4 Å². The molecule has 4 aliphatic rings. The minimum Gasteiger partial charge on any atom is -0.324 e. The van der Waals surface area contributed by atoms with Crippen LogP contribution in [0, 0.1) is 24.7 Å². The summed E-state index contributed by atoms with van der Waals surface area (Å²) in [5, 5.41) is 2.89. The van der Waals surface area contributed by atoms with E-state index in [4.69, 9.17) is 23.2 Å². The van der Waals surface area contributed by atoms with Crippen molar-refractivity contribution < 1.29 is 14.4 Å². The lowest BCUT2D eigenvalue weighted by molar-refractivity contribution is -0.148. The standard InChI is InChI=1S/C30H26Cl2N2O3/c1-16(2)25(26(35)33-18-14-12-17(3)13-15-18)34-27(36)23-24(28(34)37)30(32)20-9-5-4-8-19(20)29(23,31)21-10-6-7-11-22(21)30/h4-16,23-25H,1-3H3,(H,33,35)/t23-,24-,25-,29?,30?/m0/s1. The van der Waals surface area contributed by atoms with Crippen molar-refractivity contribution in [3.8, 4) is 0 Å². The number of imide groups is 1. The Morgan fingerprint density at radius 2 is 1.19 bits per heavy atom. The van der Waals surface area contributed by atoms with Crippen LogP contribution < -0.4 is 5.32 Å². The lowest BCUT2D eigenvalue weighted by atomic mass is 9.54. The monoisotopic (exact) mass is 532 g/mol. The molecule has 3 aliphatic carbocycles. The summed E-state index contributed by atoms with van der Waals surface area (Å²) in [5.74, 6) is -3.55. The van der Waals surface area contributed by atoms with Crippen LogP contribution >= 0.6 is 23.2 Å². The molecule has 7 heteroatoms. The van der Waals surface area contributed by atoms with E-state index < -0.39 is 45.3 Å². The molecule has 188 valence electrons. The smallest absolute Gasteiger partial charge is 0.247 e. The molecule has 0 saturated carbocycles. The number of benzene rings is 3. The first-order valence-corrected chi connectivity index (χ1v) is 13.2. The number of aryl methyl sites for hydroxylation is 1. The first-order chi connectivity index (χ1) is 17.6. The maximum absolute atomic E-state index is 14.2. The van der Waals surface area contributed by atoms with Crippen LogP contribution in [-0.4, -0.2) is 28.7 Å². The minimum absolute atomic E-state index is 0.335. The van der Waals surface area contributed by atoms with Crippen LogP contribution in [-0.2, 0) is 24.1 Å². The van der Waals surface area contributed by atoms with Crippen LogP contribution in [0.25, 0.3) is 0 Å². The van der Waals surface area contributed by atoms with Crippen LogP contribution in [0.2, 0.25) is 0 Å². The summed E-state index contributed by atoms with van der Waals surface area (Å²) in [6.45, 7) is 5.61. The highest BCUT2D eigenvalue weighted by Gasteiger charge is 2.73. The Hall–Kier alpha value is -3.15. The Bertz CT molecular complexity index is 1340. The molecule has 5 nitrogen and oxygen atoms in total. The lowest BCUT2D eigenvalue weighted by Crippen LogP contribution is -2.57. The number of alkyl halides is 2. The number of carbonyl (C=O) groups excluding carboxylic acids is 3. The topological polar surface area (TPSA) is 66.5 Å². The van der Waals surface area contributed by atoms with Crippen LogP contribution in [0.1, 0.15) is 41.7 Å². The van der Waals surface area contributed by atoms with Crippen molar-refractivity contribution in [3.05, 3.63) is 101 Å². The van der Waals surface area contributed by atoms with Gasteiger partial charge in [-0.05, 0) is 47.2 Å². The van der Waals surface area contributed by atoms with Gasteiger partial charge in [0.2, 0.25) is 17.7 Å². The maximum atomic E-state index is 14.2. The highest BCUT2D eigenvalue weighted by atomic mass is 35.5. The number of nitrogens with zero attached hydrogens (tertiary/aromatic N) is 1. The van der Waals surface area contributed by atoms with Crippen LogP contribution in [0.15, 0.2) is 72.8 Å². The lowest BCUT2D eigenvalue weighted by Gasteiger charge is -2.54. The van der Waals surface area contributed by atoms with Gasteiger partial charge in [0, 0.05) is 5.69 Å². The summed E-state index contributed by atoms with van der Waals surface area (Å²) >= 11 is 15.0. The van der Waals surface area contributed by atoms with E-state index in [9.17, 15) is 14.4 Å². The van der Waals surface area contributed by atoms with E-state index in [0.29, 0.717) is 5.69 Å². The third kappa shape index (κ3) is 3.07. The molecule has 0 unspecified atom stereocenters. The summed E-state index contributed by atoms with van der Waals surface area (Å²) in [5.41, 5.74) is 4.60. The average molecular weight is 533 g/mol. The van der Waals surface area contributed by atoms with Gasteiger partial charge in [-0.25, -0.2) is 0 Å². The van der Waals surface area contributed by atoms with Gasteiger partial charge in [0.25, 0.3) is 0 Å². The predicted molar refractivity (Wildman–Crippen MR) is 143 cm³/mol. The Kier molecular flexibility index (Phi) is 5.35. The van der Waals surface area contributed by atoms with E-state index >= 15 is 0 Å². The van der Waals surface area contributed by atoms with Crippen LogP contribution in [0.4, 0.5) is 5.69 Å². The van der Waals surface area contributed by atoms with Gasteiger partial charge in [0.05, 0.1) is 11.8 Å². The summed E-state index contributed by atoms with van der Waals surface area (Å²) in [7, 11) is 0. The van der Waals surface area contributed by atoms with Gasteiger partial charge in [-0.1, -0.05) is 80.1 Å². The number of halogens is 2. The normalized spacial score (nSPS) is 28.1. The molecule has 1 fully saturated rings. The fourth-order valence-electron chi connectivity index (χ4n) is 6.53. The fraction of sp³-hybridized carbons (Fsp3) is 0.300. The van der Waals surface area contributed by atoms with Gasteiger partial charge in [-0.15, -0.1) is 23.2 Å². The number of likely N-dealkylation sites (tertiary alicyclic amines) is 1. The zero-order valence-electron chi connectivity index (χ0n) is 20.7. The highest BCUT2D eigenvalue weighted by molar-refractivity contribution is 6.36. The Morgan fingerprint density at radius 3 is 1.57 bits per heavy atom. The van der Waals surface area contributed by atoms with Crippen molar-refractivity contribution in [1.82, 2.24) is 4.90 Å². The number of hydrogen-bond donors (Lipinski definition) is 1. The maximum Gasteiger partial charge on any atom is 0.247 e. The molecule has 3 aromatic carbocycles. The SMILES string of the molecule is Cc1ccc(NC(=O)[C@H](C(C)C)N2C(=O)[C@@H]3[C@@H](C2=O)C2(Cl)c4ccccc4C3(Cl)c3ccccc32)cc1. The predicted octanol–water partition coefficient (Wildman–Crippen LogP) is 5.55. The van der Waals surface area contributed by atoms with Crippen molar-refractivity contribution >= 4 is 46.6 Å². The molecular weight excluding hydrogens is 507 g/mol. The second-order valence-electron chi connectivity index (χ2n) is 10.6. The quantitative estimate of drug-likeness (QED) is 0.353. The number of anilines is 1. The van der Waals surface area contributed by atoms with Gasteiger partial charge < -0.3 is 5.32 Å². The summed E-state index contributed by atoms with van der Waals surface area (Å²) in [4.78, 5) is 40.6. The number of amides is 3. The molecule has 0 aromatic heterocycles. The molecule has 1 N–H and O–H groups in total. The first kappa shape index (κ1) is 24.2. The van der Waals surface area contributed by atoms with E-state index in [1.54, 1.807) is 12.1 Å². The van der Waals surface area contributed by atoms with E-state index in [0.717, 1.165) is 32.7 Å². The van der Waals surface area contributed by atoms with Crippen molar-refractivity contribution in [2.24, 2.45) is 17.8 Å². The minimum atomic E-state index is -1.27. The molecule has 3 aromatic rings. The van der Waals surface area contributed by atoms with Crippen LogP contribution in [0.5, 0.6) is 0 Å². The van der Waals surface area contributed by atoms with E-state index in [2.05, 4.69) is 5.32 Å². The Labute approximate surface area is 225 Å². The third-order valence-electron chi connectivity index (χ3n) is 8.12. The zero-order chi connectivity index (χ0) is 26.3. The molecule has 37 heavy (non-hydrogen) atoms. The molecular formula is C30H26Cl2N2O3. The summed E-state index contributed by atoms with van der Waals surface area (Å²) < 4.78 is 0. The van der Waals surface area contributed by atoms with Crippen molar-refractivity contribution in [2.45, 2.75) is 36.6 Å². The van der Waals surface area contributed by atoms with Crippen molar-refractivity contribution in [2.75, 3.05) is 5.32 Å². The third-order valence-corrected chi connectivity index (χ3v) is 9.40. The first-order valence-electron chi connectivity index (χ1n) is 12.4. The average Bonchev–Trinajstić information content (AvgIpc) is 3.15. The molecule has 2 bridgehead atoms. The number of rotatable bonds is 4. The number of carbonyl (C=O) groups is 3. The van der Waals surface area contributed by atoms with E-state index in [1.165, 1.54) is 0 Å². The second kappa shape index (κ2) is 8.17. The fourth-order valence-corrected chi connectivity index (χ4v) is 7.63.